The third-order valence-corrected chi connectivity index (χ3v) is 5.53. The molecule has 10 nitrogen and oxygen atoms in total. The summed E-state index contributed by atoms with van der Waals surface area (Å²) in [4.78, 5) is 0. The lowest BCUT2D eigenvalue weighted by Crippen LogP contribution is -2.68. The Morgan fingerprint density at radius 2 is 2.08 bits per heavy atom. The number of nitrogens with two attached hydrogens (primary N) is 2. The Bertz CT molecular complexity index is 451. The maximum Gasteiger partial charge on any atom is 0.153 e. The van der Waals surface area contributed by atoms with Gasteiger partial charge in [-0.15, -0.1) is 5.11 Å². The van der Waals surface area contributed by atoms with Gasteiger partial charge >= 0.3 is 0 Å². The molecule has 0 aromatic carbocycles. The molecular weight excluding hydrogens is 324 g/mol. The predicted octanol–water partition coefficient (Wildman–Crippen LogP) is -1.25. The highest BCUT2D eigenvalue weighted by molar-refractivity contribution is 4.95. The number of hydrogen-bond acceptors (Lipinski definition) is 9. The average molecular weight is 356 g/mol. The minimum Gasteiger partial charge on any atom is -0.375 e. The quantitative estimate of drug-likeness (QED) is 0.204. The molecule has 1 saturated carbocycles. The largest absolute Gasteiger partial charge is 0.375 e. The van der Waals surface area contributed by atoms with E-state index in [2.05, 4.69) is 45.6 Å². The number of fused-ring (bicyclic) bond motifs is 1. The normalized spacial score (nSPS) is 42.6. The summed E-state index contributed by atoms with van der Waals surface area (Å²) in [5, 5.41) is 17.5. The van der Waals surface area contributed by atoms with Crippen molar-refractivity contribution in [3.05, 3.63) is 0 Å². The highest BCUT2D eigenvalue weighted by Gasteiger charge is 2.43. The zero-order chi connectivity index (χ0) is 17.8. The molecule has 8 N–H and O–H groups in total. The predicted molar refractivity (Wildman–Crippen MR) is 92.8 cm³/mol. The van der Waals surface area contributed by atoms with Crippen molar-refractivity contribution < 1.29 is 9.47 Å². The summed E-state index contributed by atoms with van der Waals surface area (Å²) in [5.74, 6) is 11.8. The Morgan fingerprint density at radius 3 is 2.80 bits per heavy atom. The average Bonchev–Trinajstić information content (AvgIpc) is 2.62. The van der Waals surface area contributed by atoms with E-state index in [0.29, 0.717) is 24.4 Å². The number of rotatable bonds is 5. The molecule has 0 radical (unpaired) electrons. The van der Waals surface area contributed by atoms with Gasteiger partial charge in [-0.2, -0.15) is 0 Å². The van der Waals surface area contributed by atoms with Crippen molar-refractivity contribution in [1.29, 1.82) is 0 Å². The third kappa shape index (κ3) is 4.45. The van der Waals surface area contributed by atoms with Crippen LogP contribution < -0.4 is 33.1 Å². The molecule has 2 heterocycles. The maximum atomic E-state index is 6.50. The van der Waals surface area contributed by atoms with Crippen molar-refractivity contribution in [1.82, 2.24) is 21.4 Å². The molecule has 25 heavy (non-hydrogen) atoms. The van der Waals surface area contributed by atoms with Gasteiger partial charge < -0.3 is 20.6 Å². The summed E-state index contributed by atoms with van der Waals surface area (Å²) in [6.07, 6.45) is 1.52. The van der Waals surface area contributed by atoms with Crippen LogP contribution in [0.2, 0.25) is 0 Å². The van der Waals surface area contributed by atoms with Crippen LogP contribution in [0.15, 0.2) is 10.3 Å². The Morgan fingerprint density at radius 1 is 1.24 bits per heavy atom. The zero-order valence-corrected chi connectivity index (χ0v) is 15.0. The summed E-state index contributed by atoms with van der Waals surface area (Å²) >= 11 is 0. The van der Waals surface area contributed by atoms with Crippen LogP contribution in [-0.4, -0.2) is 56.5 Å². The first kappa shape index (κ1) is 18.9. The molecule has 3 fully saturated rings. The van der Waals surface area contributed by atoms with Crippen LogP contribution in [0.3, 0.4) is 0 Å². The monoisotopic (exact) mass is 356 g/mol. The number of nitrogens with one attached hydrogen (secondary N) is 4. The summed E-state index contributed by atoms with van der Waals surface area (Å²) in [6.45, 7) is 6.82. The van der Waals surface area contributed by atoms with E-state index in [1.54, 1.807) is 0 Å². The summed E-state index contributed by atoms with van der Waals surface area (Å²) in [6, 6.07) is 0.425. The Kier molecular flexibility index (Phi) is 6.55. The van der Waals surface area contributed by atoms with E-state index in [9.17, 15) is 0 Å². The van der Waals surface area contributed by atoms with E-state index in [1.165, 1.54) is 0 Å². The van der Waals surface area contributed by atoms with Crippen LogP contribution >= 0.6 is 0 Å². The highest BCUT2D eigenvalue weighted by atomic mass is 16.5. The van der Waals surface area contributed by atoms with Crippen LogP contribution in [0.1, 0.15) is 26.7 Å². The smallest absolute Gasteiger partial charge is 0.153 e. The standard InChI is InChI=1S/C15H32N8O2/c1-8(2)9-5-10-12(24-4-3-18-10)6-11(9)25-13-7-19-15(21-16)20-14(13)22-23-17/h8-15,18-21H,3-7,16H2,1-2H3,(H2,17,22). The minimum absolute atomic E-state index is 0.118. The summed E-state index contributed by atoms with van der Waals surface area (Å²) in [5.41, 5.74) is 2.63. The van der Waals surface area contributed by atoms with Crippen LogP contribution in [0.4, 0.5) is 0 Å². The van der Waals surface area contributed by atoms with E-state index in [-0.39, 0.29) is 30.8 Å². The van der Waals surface area contributed by atoms with E-state index in [0.717, 1.165) is 26.0 Å². The van der Waals surface area contributed by atoms with Crippen molar-refractivity contribution >= 4 is 0 Å². The van der Waals surface area contributed by atoms with Gasteiger partial charge in [0.2, 0.25) is 0 Å². The van der Waals surface area contributed by atoms with Crippen molar-refractivity contribution in [2.24, 2.45) is 33.9 Å². The SMILES string of the molecule is CC(C)C1CC2NCCOC2CC1OC1CNC(NN)NC1N=NN. The third-order valence-electron chi connectivity index (χ3n) is 5.53. The Labute approximate surface area is 148 Å². The molecule has 0 bridgehead atoms. The molecule has 0 aromatic rings. The number of morpholine rings is 1. The molecule has 3 rings (SSSR count). The molecule has 10 heteroatoms. The fraction of sp³-hybridized carbons (Fsp3) is 1.00. The molecule has 144 valence electrons. The molecule has 7 unspecified atom stereocenters. The van der Waals surface area contributed by atoms with Gasteiger partial charge in [-0.3, -0.25) is 16.5 Å². The van der Waals surface area contributed by atoms with Gasteiger partial charge in [0.25, 0.3) is 0 Å². The lowest BCUT2D eigenvalue weighted by molar-refractivity contribution is -0.140. The van der Waals surface area contributed by atoms with Crippen LogP contribution in [0, 0.1) is 11.8 Å². The number of nitrogens with zero attached hydrogens (tertiary/aromatic N) is 2. The van der Waals surface area contributed by atoms with E-state index < -0.39 is 0 Å². The minimum atomic E-state index is -0.344. The van der Waals surface area contributed by atoms with Crippen LogP contribution in [0.25, 0.3) is 0 Å². The molecule has 0 aromatic heterocycles. The van der Waals surface area contributed by atoms with Gasteiger partial charge in [0.15, 0.2) is 6.17 Å². The van der Waals surface area contributed by atoms with Gasteiger partial charge in [-0.05, 0) is 18.3 Å². The fourth-order valence-corrected chi connectivity index (χ4v) is 4.19. The van der Waals surface area contributed by atoms with Crippen molar-refractivity contribution in [3.8, 4) is 0 Å². The van der Waals surface area contributed by atoms with Crippen molar-refractivity contribution in [3.63, 3.8) is 0 Å². The molecular formula is C15H32N8O2. The molecule has 7 atom stereocenters. The molecule has 2 saturated heterocycles. The second-order valence-corrected chi connectivity index (χ2v) is 7.41. The van der Waals surface area contributed by atoms with Gasteiger partial charge in [-0.25, -0.2) is 5.43 Å². The first-order valence-corrected chi connectivity index (χ1v) is 9.18. The van der Waals surface area contributed by atoms with E-state index >= 15 is 0 Å². The first-order chi connectivity index (χ1) is 12.1. The van der Waals surface area contributed by atoms with E-state index in [1.807, 2.05) is 0 Å². The molecule has 3 aliphatic rings. The van der Waals surface area contributed by atoms with Gasteiger partial charge in [-0.1, -0.05) is 19.1 Å². The Balaban J connectivity index is 1.67. The topological polar surface area (TPSA) is 143 Å². The summed E-state index contributed by atoms with van der Waals surface area (Å²) < 4.78 is 12.5. The Hall–Kier alpha value is -0.880. The summed E-state index contributed by atoms with van der Waals surface area (Å²) in [7, 11) is 0. The van der Waals surface area contributed by atoms with Gasteiger partial charge in [0.05, 0.1) is 18.8 Å². The molecule has 0 amide bonds. The number of hydrazine groups is 1. The lowest BCUT2D eigenvalue weighted by atomic mass is 9.75. The fourth-order valence-electron chi connectivity index (χ4n) is 4.19. The first-order valence-electron chi connectivity index (χ1n) is 9.18. The van der Waals surface area contributed by atoms with E-state index in [4.69, 9.17) is 21.2 Å². The zero-order valence-electron chi connectivity index (χ0n) is 15.0. The van der Waals surface area contributed by atoms with Gasteiger partial charge in [0, 0.05) is 25.6 Å². The lowest BCUT2D eigenvalue weighted by Gasteiger charge is -2.47. The van der Waals surface area contributed by atoms with Crippen LogP contribution in [-0.2, 0) is 9.47 Å². The van der Waals surface area contributed by atoms with Crippen molar-refractivity contribution in [2.45, 2.75) is 63.5 Å². The highest BCUT2D eigenvalue weighted by Crippen LogP contribution is 2.36. The second-order valence-electron chi connectivity index (χ2n) is 7.41. The number of hydrogen-bond donors (Lipinski definition) is 6. The molecule has 0 spiro atoms. The maximum absolute atomic E-state index is 6.50. The molecule has 2 aliphatic heterocycles. The second kappa shape index (κ2) is 8.67. The van der Waals surface area contributed by atoms with Crippen molar-refractivity contribution in [2.75, 3.05) is 19.7 Å². The van der Waals surface area contributed by atoms with Crippen LogP contribution in [0.5, 0.6) is 0 Å². The molecule has 1 aliphatic carbocycles. The van der Waals surface area contributed by atoms with Gasteiger partial charge in [0.1, 0.15) is 12.4 Å². The number of ether oxygens (including phenoxy) is 2.